The van der Waals surface area contributed by atoms with Crippen LogP contribution in [-0.4, -0.2) is 31.4 Å². The molecule has 1 heterocycles. The second-order valence-corrected chi connectivity index (χ2v) is 5.69. The first-order valence-corrected chi connectivity index (χ1v) is 8.14. The lowest BCUT2D eigenvalue weighted by Crippen LogP contribution is -2.18. The van der Waals surface area contributed by atoms with E-state index in [0.29, 0.717) is 23.4 Å². The highest BCUT2D eigenvalue weighted by Crippen LogP contribution is 2.34. The van der Waals surface area contributed by atoms with Gasteiger partial charge in [0.05, 0.1) is 5.56 Å². The number of oxime groups is 1. The summed E-state index contributed by atoms with van der Waals surface area (Å²) in [5.41, 5.74) is -0.505. The molecule has 11 heteroatoms. The maximum absolute atomic E-state index is 12.6. The molecule has 29 heavy (non-hydrogen) atoms. The minimum Gasteiger partial charge on any atom is -0.454 e. The zero-order chi connectivity index (χ0) is 20.9. The molecule has 0 bridgehead atoms. The highest BCUT2D eigenvalue weighted by atomic mass is 19.4. The summed E-state index contributed by atoms with van der Waals surface area (Å²) in [5.74, 6) is -0.302. The molecule has 2 aromatic carbocycles. The standard InChI is InChI=1S/C18H14F3N3O5/c19-18(20,21)11-2-1-3-12(6-11)23-16(25)8-22-29-9-17(26)24-13-4-5-14-15(7-13)28-10-27-14/h1-8H,9-10H2,(H,23,25)(H,24,26)/b22-8+. The quantitative estimate of drug-likeness (QED) is 0.565. The van der Waals surface area contributed by atoms with Gasteiger partial charge in [-0.05, 0) is 30.3 Å². The first kappa shape index (κ1) is 20.0. The van der Waals surface area contributed by atoms with E-state index in [1.54, 1.807) is 18.2 Å². The Morgan fingerprint density at radius 2 is 1.83 bits per heavy atom. The van der Waals surface area contributed by atoms with Gasteiger partial charge in [-0.15, -0.1) is 0 Å². The molecule has 3 rings (SSSR count). The molecular weight excluding hydrogens is 395 g/mol. The summed E-state index contributed by atoms with van der Waals surface area (Å²) in [6.45, 7) is -0.380. The average Bonchev–Trinajstić information content (AvgIpc) is 3.12. The molecule has 0 aromatic heterocycles. The van der Waals surface area contributed by atoms with Crippen LogP contribution in [0.25, 0.3) is 0 Å². The minimum absolute atomic E-state index is 0.0585. The van der Waals surface area contributed by atoms with E-state index in [4.69, 9.17) is 14.3 Å². The number of fused-ring (bicyclic) bond motifs is 1. The molecule has 0 saturated carbocycles. The molecule has 1 aliphatic heterocycles. The molecule has 8 nitrogen and oxygen atoms in total. The molecule has 0 radical (unpaired) electrons. The fourth-order valence-corrected chi connectivity index (χ4v) is 2.30. The predicted octanol–water partition coefficient (Wildman–Crippen LogP) is 3.01. The van der Waals surface area contributed by atoms with E-state index in [2.05, 4.69) is 15.8 Å². The molecule has 2 aromatic rings. The van der Waals surface area contributed by atoms with Crippen molar-refractivity contribution in [1.82, 2.24) is 0 Å². The van der Waals surface area contributed by atoms with Crippen LogP contribution in [0.3, 0.4) is 0 Å². The first-order chi connectivity index (χ1) is 13.8. The number of hydrogen-bond acceptors (Lipinski definition) is 6. The van der Waals surface area contributed by atoms with Crippen LogP contribution in [0.2, 0.25) is 0 Å². The summed E-state index contributed by atoms with van der Waals surface area (Å²) in [5, 5.41) is 8.06. The largest absolute Gasteiger partial charge is 0.454 e. The third-order valence-electron chi connectivity index (χ3n) is 3.55. The second kappa shape index (κ2) is 8.50. The number of halogens is 3. The third kappa shape index (κ3) is 5.61. The molecule has 0 atom stereocenters. The van der Waals surface area contributed by atoms with Gasteiger partial charge in [0.25, 0.3) is 11.8 Å². The van der Waals surface area contributed by atoms with Crippen LogP contribution >= 0.6 is 0 Å². The Morgan fingerprint density at radius 3 is 2.62 bits per heavy atom. The van der Waals surface area contributed by atoms with Gasteiger partial charge in [-0.1, -0.05) is 11.2 Å². The van der Waals surface area contributed by atoms with Crippen molar-refractivity contribution in [1.29, 1.82) is 0 Å². The van der Waals surface area contributed by atoms with Gasteiger partial charge < -0.3 is 24.9 Å². The second-order valence-electron chi connectivity index (χ2n) is 5.69. The summed E-state index contributed by atoms with van der Waals surface area (Å²) in [6.07, 6.45) is -3.82. The van der Waals surface area contributed by atoms with Crippen LogP contribution in [0.15, 0.2) is 47.6 Å². The van der Waals surface area contributed by atoms with Gasteiger partial charge in [0.15, 0.2) is 18.1 Å². The first-order valence-electron chi connectivity index (χ1n) is 8.14. The maximum atomic E-state index is 12.6. The lowest BCUT2D eigenvalue weighted by molar-refractivity contribution is -0.137. The van der Waals surface area contributed by atoms with Gasteiger partial charge in [0.2, 0.25) is 6.79 Å². The third-order valence-corrected chi connectivity index (χ3v) is 3.55. The molecule has 0 unspecified atom stereocenters. The lowest BCUT2D eigenvalue weighted by Gasteiger charge is -2.08. The number of alkyl halides is 3. The SMILES string of the molecule is O=C(/C=N/OCC(=O)Nc1ccc2c(c1)OCO2)Nc1cccc(C(F)(F)F)c1. The van der Waals surface area contributed by atoms with E-state index in [1.165, 1.54) is 6.07 Å². The molecular formula is C18H14F3N3O5. The number of rotatable bonds is 6. The Labute approximate surface area is 162 Å². The molecule has 1 aliphatic rings. The highest BCUT2D eigenvalue weighted by Gasteiger charge is 2.30. The number of hydrogen-bond donors (Lipinski definition) is 2. The normalized spacial score (nSPS) is 12.7. The minimum atomic E-state index is -4.52. The van der Waals surface area contributed by atoms with Crippen molar-refractivity contribution in [2.24, 2.45) is 5.16 Å². The number of carbonyl (C=O) groups excluding carboxylic acids is 2. The zero-order valence-corrected chi connectivity index (χ0v) is 14.7. The van der Waals surface area contributed by atoms with Crippen LogP contribution in [-0.2, 0) is 20.6 Å². The number of nitrogens with one attached hydrogen (secondary N) is 2. The van der Waals surface area contributed by atoms with Gasteiger partial charge in [0, 0.05) is 17.4 Å². The molecule has 2 amide bonds. The van der Waals surface area contributed by atoms with E-state index in [9.17, 15) is 22.8 Å². The van der Waals surface area contributed by atoms with Crippen molar-refractivity contribution in [3.63, 3.8) is 0 Å². The van der Waals surface area contributed by atoms with Crippen molar-refractivity contribution in [3.05, 3.63) is 48.0 Å². The summed E-state index contributed by atoms with van der Waals surface area (Å²) in [6, 6.07) is 8.93. The predicted molar refractivity (Wildman–Crippen MR) is 95.7 cm³/mol. The topological polar surface area (TPSA) is 98.2 Å². The van der Waals surface area contributed by atoms with Gasteiger partial charge >= 0.3 is 6.18 Å². The molecule has 0 saturated heterocycles. The number of ether oxygens (including phenoxy) is 2. The van der Waals surface area contributed by atoms with Crippen LogP contribution < -0.4 is 20.1 Å². The zero-order valence-electron chi connectivity index (χ0n) is 14.7. The van der Waals surface area contributed by atoms with Crippen molar-refractivity contribution in [2.75, 3.05) is 24.0 Å². The van der Waals surface area contributed by atoms with Gasteiger partial charge in [0.1, 0.15) is 6.21 Å². The molecule has 0 aliphatic carbocycles. The molecule has 0 fully saturated rings. The van der Waals surface area contributed by atoms with Crippen molar-refractivity contribution in [3.8, 4) is 11.5 Å². The maximum Gasteiger partial charge on any atom is 0.416 e. The van der Waals surface area contributed by atoms with Gasteiger partial charge in [-0.2, -0.15) is 13.2 Å². The van der Waals surface area contributed by atoms with Crippen LogP contribution in [0.1, 0.15) is 5.56 Å². The molecule has 2 N–H and O–H groups in total. The van der Waals surface area contributed by atoms with Gasteiger partial charge in [-0.25, -0.2) is 0 Å². The average molecular weight is 409 g/mol. The van der Waals surface area contributed by atoms with E-state index in [1.807, 2.05) is 0 Å². The van der Waals surface area contributed by atoms with E-state index < -0.39 is 30.2 Å². The summed E-state index contributed by atoms with van der Waals surface area (Å²) >= 11 is 0. The number of anilines is 2. The summed E-state index contributed by atoms with van der Waals surface area (Å²) in [7, 11) is 0. The molecule has 0 spiro atoms. The molecule has 152 valence electrons. The highest BCUT2D eigenvalue weighted by molar-refractivity contribution is 6.31. The number of carbonyl (C=O) groups is 2. The lowest BCUT2D eigenvalue weighted by atomic mass is 10.2. The summed E-state index contributed by atoms with van der Waals surface area (Å²) in [4.78, 5) is 28.2. The Balaban J connectivity index is 1.44. The Hall–Kier alpha value is -3.76. The number of amides is 2. The number of nitrogens with zero attached hydrogens (tertiary/aromatic N) is 1. The van der Waals surface area contributed by atoms with Crippen molar-refractivity contribution < 1.29 is 37.1 Å². The Kier molecular flexibility index (Phi) is 5.86. The number of benzene rings is 2. The Morgan fingerprint density at radius 1 is 1.07 bits per heavy atom. The van der Waals surface area contributed by atoms with E-state index in [-0.39, 0.29) is 12.5 Å². The van der Waals surface area contributed by atoms with Crippen molar-refractivity contribution in [2.45, 2.75) is 6.18 Å². The van der Waals surface area contributed by atoms with E-state index in [0.717, 1.165) is 18.2 Å². The van der Waals surface area contributed by atoms with Crippen LogP contribution in [0.4, 0.5) is 24.5 Å². The smallest absolute Gasteiger partial charge is 0.416 e. The van der Waals surface area contributed by atoms with Crippen LogP contribution in [0, 0.1) is 0 Å². The fraction of sp³-hybridized carbons (Fsp3) is 0.167. The van der Waals surface area contributed by atoms with E-state index >= 15 is 0 Å². The van der Waals surface area contributed by atoms with Crippen LogP contribution in [0.5, 0.6) is 11.5 Å². The fourth-order valence-electron chi connectivity index (χ4n) is 2.30. The Bertz CT molecular complexity index is 947. The van der Waals surface area contributed by atoms with Gasteiger partial charge in [-0.3, -0.25) is 9.59 Å². The monoisotopic (exact) mass is 409 g/mol. The van der Waals surface area contributed by atoms with Crippen molar-refractivity contribution >= 4 is 29.4 Å². The summed E-state index contributed by atoms with van der Waals surface area (Å²) < 4.78 is 48.3.